The van der Waals surface area contributed by atoms with Gasteiger partial charge in [0.15, 0.2) is 11.5 Å². The zero-order valence-corrected chi connectivity index (χ0v) is 8.68. The third kappa shape index (κ3) is 2.78. The van der Waals surface area contributed by atoms with Gasteiger partial charge in [-0.1, -0.05) is 5.16 Å². The lowest BCUT2D eigenvalue weighted by molar-refractivity contribution is 0.00914. The van der Waals surface area contributed by atoms with Crippen molar-refractivity contribution in [2.45, 2.75) is 6.54 Å². The Morgan fingerprint density at radius 3 is 2.94 bits per heavy atom. The molecule has 2 N–H and O–H groups in total. The molecule has 1 fully saturated rings. The Balaban J connectivity index is 1.81. The van der Waals surface area contributed by atoms with Crippen LogP contribution < -0.4 is 5.43 Å². The minimum absolute atomic E-state index is 0.0706. The van der Waals surface area contributed by atoms with Gasteiger partial charge >= 0.3 is 5.97 Å². The average molecular weight is 227 g/mol. The van der Waals surface area contributed by atoms with E-state index in [9.17, 15) is 4.79 Å². The summed E-state index contributed by atoms with van der Waals surface area (Å²) >= 11 is 0. The number of nitrogens with one attached hydrogen (secondary N) is 1. The zero-order valence-electron chi connectivity index (χ0n) is 8.68. The van der Waals surface area contributed by atoms with Gasteiger partial charge in [-0.3, -0.25) is 0 Å². The lowest BCUT2D eigenvalue weighted by atomic mass is 10.3. The van der Waals surface area contributed by atoms with Gasteiger partial charge in [-0.05, 0) is 0 Å². The van der Waals surface area contributed by atoms with E-state index in [4.69, 9.17) is 14.4 Å². The normalized spacial score (nSPS) is 17.5. The number of hydrazine groups is 1. The first-order valence-electron chi connectivity index (χ1n) is 5.01. The molecule has 7 heteroatoms. The van der Waals surface area contributed by atoms with Crippen LogP contribution in [-0.2, 0) is 11.3 Å². The molecule has 0 atom stereocenters. The molecular formula is C9H13N3O4. The minimum Gasteiger partial charge on any atom is -0.476 e. The molecule has 0 spiro atoms. The fraction of sp³-hybridized carbons (Fsp3) is 0.556. The summed E-state index contributed by atoms with van der Waals surface area (Å²) in [6.45, 7) is 3.44. The molecule has 16 heavy (non-hydrogen) atoms. The Hall–Kier alpha value is -1.44. The Bertz CT molecular complexity index is 359. The molecule has 0 saturated carbocycles. The van der Waals surface area contributed by atoms with E-state index in [1.165, 1.54) is 6.07 Å². The number of morpholine rings is 1. The zero-order chi connectivity index (χ0) is 11.4. The van der Waals surface area contributed by atoms with E-state index in [0.29, 0.717) is 25.5 Å². The van der Waals surface area contributed by atoms with Crippen LogP contribution in [0.3, 0.4) is 0 Å². The lowest BCUT2D eigenvalue weighted by Gasteiger charge is -2.26. The van der Waals surface area contributed by atoms with Crippen LogP contribution in [0.2, 0.25) is 0 Å². The molecule has 0 aliphatic carbocycles. The predicted molar refractivity (Wildman–Crippen MR) is 52.7 cm³/mol. The number of carbonyl (C=O) groups is 1. The molecule has 1 aliphatic heterocycles. The largest absolute Gasteiger partial charge is 0.476 e. The second-order valence-corrected chi connectivity index (χ2v) is 3.42. The van der Waals surface area contributed by atoms with Crippen molar-refractivity contribution in [3.8, 4) is 0 Å². The maximum absolute atomic E-state index is 10.6. The summed E-state index contributed by atoms with van der Waals surface area (Å²) < 4.78 is 10.1. The molecule has 2 heterocycles. The number of aromatic carboxylic acids is 1. The summed E-state index contributed by atoms with van der Waals surface area (Å²) in [6, 6.07) is 1.41. The summed E-state index contributed by atoms with van der Waals surface area (Å²) in [5.74, 6) is -0.578. The molecule has 1 aromatic rings. The van der Waals surface area contributed by atoms with Crippen molar-refractivity contribution in [2.75, 3.05) is 26.3 Å². The van der Waals surface area contributed by atoms with Crippen LogP contribution in [0.15, 0.2) is 10.6 Å². The molecule has 88 valence electrons. The topological polar surface area (TPSA) is 87.8 Å². The monoisotopic (exact) mass is 227 g/mol. The fourth-order valence-corrected chi connectivity index (χ4v) is 1.41. The van der Waals surface area contributed by atoms with Crippen molar-refractivity contribution in [2.24, 2.45) is 0 Å². The van der Waals surface area contributed by atoms with E-state index in [1.807, 2.05) is 5.01 Å². The first-order chi connectivity index (χ1) is 7.75. The highest BCUT2D eigenvalue weighted by Crippen LogP contribution is 2.03. The molecule has 1 saturated heterocycles. The maximum atomic E-state index is 10.6. The van der Waals surface area contributed by atoms with E-state index in [-0.39, 0.29) is 5.69 Å². The molecule has 0 aromatic carbocycles. The number of rotatable bonds is 4. The Labute approximate surface area is 91.9 Å². The summed E-state index contributed by atoms with van der Waals surface area (Å²) in [6.07, 6.45) is 0. The van der Waals surface area contributed by atoms with Crippen molar-refractivity contribution >= 4 is 5.97 Å². The molecule has 0 radical (unpaired) electrons. The van der Waals surface area contributed by atoms with E-state index < -0.39 is 5.97 Å². The van der Waals surface area contributed by atoms with Crippen LogP contribution in [0, 0.1) is 0 Å². The maximum Gasteiger partial charge on any atom is 0.358 e. The van der Waals surface area contributed by atoms with Crippen LogP contribution in [-0.4, -0.2) is 47.5 Å². The lowest BCUT2D eigenvalue weighted by Crippen LogP contribution is -2.45. The number of hydrogen-bond donors (Lipinski definition) is 2. The number of hydrogen-bond acceptors (Lipinski definition) is 6. The highest BCUT2D eigenvalue weighted by atomic mass is 16.5. The van der Waals surface area contributed by atoms with Crippen molar-refractivity contribution in [1.82, 2.24) is 15.6 Å². The fourth-order valence-electron chi connectivity index (χ4n) is 1.41. The van der Waals surface area contributed by atoms with Gasteiger partial charge in [0.1, 0.15) is 0 Å². The summed E-state index contributed by atoms with van der Waals surface area (Å²) in [5, 5.41) is 14.1. The highest BCUT2D eigenvalue weighted by Gasteiger charge is 2.13. The van der Waals surface area contributed by atoms with Crippen LogP contribution in [0.5, 0.6) is 0 Å². The van der Waals surface area contributed by atoms with Crippen LogP contribution in [0.1, 0.15) is 16.2 Å². The van der Waals surface area contributed by atoms with E-state index >= 15 is 0 Å². The summed E-state index contributed by atoms with van der Waals surface area (Å²) in [4.78, 5) is 10.6. The van der Waals surface area contributed by atoms with Gasteiger partial charge in [0.2, 0.25) is 0 Å². The SMILES string of the molecule is O=C(O)c1cc(CNN2CCOCC2)on1. The van der Waals surface area contributed by atoms with Gasteiger partial charge in [0.25, 0.3) is 0 Å². The molecular weight excluding hydrogens is 214 g/mol. The first-order valence-corrected chi connectivity index (χ1v) is 5.01. The van der Waals surface area contributed by atoms with Crippen LogP contribution in [0.25, 0.3) is 0 Å². The third-order valence-electron chi connectivity index (χ3n) is 2.27. The van der Waals surface area contributed by atoms with E-state index in [2.05, 4.69) is 10.6 Å². The van der Waals surface area contributed by atoms with E-state index in [1.54, 1.807) is 0 Å². The Morgan fingerprint density at radius 2 is 2.31 bits per heavy atom. The van der Waals surface area contributed by atoms with Gasteiger partial charge in [0.05, 0.1) is 19.8 Å². The molecule has 0 amide bonds. The van der Waals surface area contributed by atoms with Gasteiger partial charge in [-0.25, -0.2) is 15.2 Å². The van der Waals surface area contributed by atoms with Gasteiger partial charge < -0.3 is 14.4 Å². The van der Waals surface area contributed by atoms with Gasteiger partial charge in [0, 0.05) is 19.2 Å². The second-order valence-electron chi connectivity index (χ2n) is 3.42. The second kappa shape index (κ2) is 5.06. The molecule has 1 aromatic heterocycles. The van der Waals surface area contributed by atoms with Crippen molar-refractivity contribution in [3.63, 3.8) is 0 Å². The number of ether oxygens (including phenoxy) is 1. The predicted octanol–water partition coefficient (Wildman–Crippen LogP) is -0.290. The van der Waals surface area contributed by atoms with Gasteiger partial charge in [-0.15, -0.1) is 0 Å². The Morgan fingerprint density at radius 1 is 1.56 bits per heavy atom. The van der Waals surface area contributed by atoms with Gasteiger partial charge in [-0.2, -0.15) is 0 Å². The summed E-state index contributed by atoms with van der Waals surface area (Å²) in [7, 11) is 0. The van der Waals surface area contributed by atoms with Crippen molar-refractivity contribution < 1.29 is 19.2 Å². The molecule has 7 nitrogen and oxygen atoms in total. The van der Waals surface area contributed by atoms with Crippen molar-refractivity contribution in [3.05, 3.63) is 17.5 Å². The standard InChI is InChI=1S/C9H13N3O4/c13-9(14)8-5-7(16-11-8)6-10-12-1-3-15-4-2-12/h5,10H,1-4,6H2,(H,13,14). The number of aromatic nitrogens is 1. The summed E-state index contributed by atoms with van der Waals surface area (Å²) in [5.41, 5.74) is 3.05. The molecule has 1 aliphatic rings. The molecule has 2 rings (SSSR count). The average Bonchev–Trinajstić information content (AvgIpc) is 2.76. The third-order valence-corrected chi connectivity index (χ3v) is 2.27. The molecule has 0 unspecified atom stereocenters. The van der Waals surface area contributed by atoms with Crippen LogP contribution >= 0.6 is 0 Å². The number of nitrogens with zero attached hydrogens (tertiary/aromatic N) is 2. The minimum atomic E-state index is -1.08. The smallest absolute Gasteiger partial charge is 0.358 e. The van der Waals surface area contributed by atoms with Crippen LogP contribution in [0.4, 0.5) is 0 Å². The first kappa shape index (κ1) is 11.1. The van der Waals surface area contributed by atoms with E-state index in [0.717, 1.165) is 13.1 Å². The number of carboxylic acids is 1. The quantitative estimate of drug-likeness (QED) is 0.730. The molecule has 0 bridgehead atoms. The van der Waals surface area contributed by atoms with Crippen molar-refractivity contribution in [1.29, 1.82) is 0 Å². The Kier molecular flexibility index (Phi) is 3.50. The highest BCUT2D eigenvalue weighted by molar-refractivity contribution is 5.85. The number of carboxylic acid groups (broad SMARTS) is 1.